The lowest BCUT2D eigenvalue weighted by atomic mass is 10.0. The van der Waals surface area contributed by atoms with E-state index in [9.17, 15) is 14.3 Å². The van der Waals surface area contributed by atoms with Crippen molar-refractivity contribution in [3.8, 4) is 0 Å². The van der Waals surface area contributed by atoms with Crippen LogP contribution in [0.25, 0.3) is 32.8 Å². The molecule has 5 rings (SSSR count). The molecule has 162 valence electrons. The van der Waals surface area contributed by atoms with E-state index < -0.39 is 5.97 Å². The van der Waals surface area contributed by atoms with Crippen molar-refractivity contribution in [2.75, 3.05) is 7.11 Å². The molecule has 0 amide bonds. The predicted octanol–water partition coefficient (Wildman–Crippen LogP) is 5.39. The van der Waals surface area contributed by atoms with Gasteiger partial charge in [0.25, 0.3) is 0 Å². The molecular weight excluding hydrogens is 409 g/mol. The molecule has 2 aromatic heterocycles. The highest BCUT2D eigenvalue weighted by Gasteiger charge is 2.18. The summed E-state index contributed by atoms with van der Waals surface area (Å²) in [5.74, 6) is -1.22. The number of nitrogens with zero attached hydrogens (tertiary/aromatic N) is 3. The Morgan fingerprint density at radius 1 is 1.12 bits per heavy atom. The smallest absolute Gasteiger partial charge is 0.335 e. The van der Waals surface area contributed by atoms with E-state index in [0.717, 1.165) is 34.0 Å². The summed E-state index contributed by atoms with van der Waals surface area (Å²) in [6.45, 7) is 3.28. The normalized spacial score (nSPS) is 12.7. The fourth-order valence-corrected chi connectivity index (χ4v) is 4.50. The van der Waals surface area contributed by atoms with Crippen LogP contribution in [-0.4, -0.2) is 32.3 Å². The molecule has 6 nitrogen and oxygen atoms in total. The average molecular weight is 431 g/mol. The van der Waals surface area contributed by atoms with Crippen molar-refractivity contribution in [1.29, 1.82) is 0 Å². The summed E-state index contributed by atoms with van der Waals surface area (Å²) in [6, 6.07) is 16.1. The predicted molar refractivity (Wildman–Crippen MR) is 122 cm³/mol. The molecule has 3 aromatic carbocycles. The number of halogens is 1. The fraction of sp³-hybridized carbons (Fsp3) is 0.200. The van der Waals surface area contributed by atoms with Gasteiger partial charge >= 0.3 is 5.97 Å². The zero-order chi connectivity index (χ0) is 22.4. The number of aromatic carboxylic acids is 1. The van der Waals surface area contributed by atoms with Gasteiger partial charge in [0, 0.05) is 29.9 Å². The molecule has 0 spiro atoms. The molecule has 1 unspecified atom stereocenters. The van der Waals surface area contributed by atoms with Crippen LogP contribution >= 0.6 is 0 Å². The van der Waals surface area contributed by atoms with Gasteiger partial charge in [-0.05, 0) is 55.0 Å². The molecule has 0 fully saturated rings. The Bertz CT molecular complexity index is 1480. The molecule has 0 aliphatic heterocycles. The van der Waals surface area contributed by atoms with Gasteiger partial charge in [-0.3, -0.25) is 0 Å². The molecule has 0 saturated carbocycles. The minimum atomic E-state index is -0.983. The lowest BCUT2D eigenvalue weighted by molar-refractivity contribution is 0.0697. The van der Waals surface area contributed by atoms with Crippen molar-refractivity contribution < 1.29 is 19.0 Å². The maximum absolute atomic E-state index is 14.8. The first kappa shape index (κ1) is 20.2. The largest absolute Gasteiger partial charge is 0.478 e. The summed E-state index contributed by atoms with van der Waals surface area (Å²) in [4.78, 5) is 15.6. The summed E-state index contributed by atoms with van der Waals surface area (Å²) in [7, 11) is 1.65. The number of carbonyl (C=O) groups is 1. The first-order valence-electron chi connectivity index (χ1n) is 10.4. The van der Waals surface area contributed by atoms with Crippen molar-refractivity contribution in [1.82, 2.24) is 14.1 Å². The van der Waals surface area contributed by atoms with Crippen molar-refractivity contribution in [2.45, 2.75) is 26.1 Å². The van der Waals surface area contributed by atoms with E-state index in [1.54, 1.807) is 37.7 Å². The standard InChI is InChI=1S/C25H22FN3O3/c1-3-29-20-9-7-15(11-17(20)24-18(26)5-4-6-22(24)29)23(32-2)13-28-14-27-19-12-16(25(30)31)8-10-21(19)28/h4-12,14,23H,3,13H2,1-2H3,(H,30,31). The maximum atomic E-state index is 14.8. The lowest BCUT2D eigenvalue weighted by Crippen LogP contribution is -2.10. The SMILES string of the molecule is CCn1c2ccc(C(Cn3cnc4cc(C(=O)O)ccc43)OC)cc2c2c(F)cccc21. The first-order chi connectivity index (χ1) is 15.5. The summed E-state index contributed by atoms with van der Waals surface area (Å²) >= 11 is 0. The second-order valence-electron chi connectivity index (χ2n) is 7.78. The number of carboxylic acid groups (broad SMARTS) is 1. The van der Waals surface area contributed by atoms with Gasteiger partial charge in [0.1, 0.15) is 11.9 Å². The Balaban J connectivity index is 1.57. The number of rotatable bonds is 6. The number of methoxy groups -OCH3 is 1. The van der Waals surface area contributed by atoms with Crippen LogP contribution in [0, 0.1) is 5.82 Å². The highest BCUT2D eigenvalue weighted by molar-refractivity contribution is 6.08. The van der Waals surface area contributed by atoms with Crippen LogP contribution in [0.2, 0.25) is 0 Å². The molecule has 1 atom stereocenters. The van der Waals surface area contributed by atoms with Gasteiger partial charge in [0.15, 0.2) is 0 Å². The molecule has 1 N–H and O–H groups in total. The minimum Gasteiger partial charge on any atom is -0.478 e. The van der Waals surface area contributed by atoms with E-state index in [1.807, 2.05) is 28.8 Å². The van der Waals surface area contributed by atoms with Gasteiger partial charge in [-0.1, -0.05) is 12.1 Å². The van der Waals surface area contributed by atoms with Crippen LogP contribution in [0.15, 0.2) is 60.9 Å². The molecule has 2 heterocycles. The zero-order valence-corrected chi connectivity index (χ0v) is 17.7. The van der Waals surface area contributed by atoms with Gasteiger partial charge in [-0.25, -0.2) is 14.2 Å². The number of aromatic nitrogens is 3. The van der Waals surface area contributed by atoms with Crippen LogP contribution < -0.4 is 0 Å². The minimum absolute atomic E-state index is 0.200. The third-order valence-corrected chi connectivity index (χ3v) is 6.07. The molecule has 0 radical (unpaired) electrons. The highest BCUT2D eigenvalue weighted by atomic mass is 19.1. The molecule has 5 aromatic rings. The van der Waals surface area contributed by atoms with Gasteiger partial charge in [0.05, 0.1) is 35.0 Å². The second kappa shape index (κ2) is 7.76. The fourth-order valence-electron chi connectivity index (χ4n) is 4.50. The van der Waals surface area contributed by atoms with E-state index in [-0.39, 0.29) is 17.5 Å². The van der Waals surface area contributed by atoms with Crippen molar-refractivity contribution in [2.24, 2.45) is 0 Å². The quantitative estimate of drug-likeness (QED) is 0.391. The van der Waals surface area contributed by atoms with Crippen LogP contribution in [0.1, 0.15) is 28.9 Å². The molecule has 0 saturated heterocycles. The van der Waals surface area contributed by atoms with Crippen LogP contribution in [0.3, 0.4) is 0 Å². The molecule has 7 heteroatoms. The summed E-state index contributed by atoms with van der Waals surface area (Å²) in [5, 5.41) is 10.7. The summed E-state index contributed by atoms with van der Waals surface area (Å²) < 4.78 is 24.6. The van der Waals surface area contributed by atoms with E-state index in [4.69, 9.17) is 4.74 Å². The monoisotopic (exact) mass is 431 g/mol. The number of aryl methyl sites for hydroxylation is 1. The topological polar surface area (TPSA) is 69.3 Å². The van der Waals surface area contributed by atoms with Crippen LogP contribution in [-0.2, 0) is 17.8 Å². The Kier molecular flexibility index (Phi) is 4.90. The number of hydrogen-bond donors (Lipinski definition) is 1. The number of benzene rings is 3. The number of imidazole rings is 1. The number of fused-ring (bicyclic) bond motifs is 4. The Hall–Kier alpha value is -3.71. The van der Waals surface area contributed by atoms with Crippen LogP contribution in [0.4, 0.5) is 4.39 Å². The summed E-state index contributed by atoms with van der Waals surface area (Å²) in [6.07, 6.45) is 1.39. The molecular formula is C25H22FN3O3. The van der Waals surface area contributed by atoms with Crippen molar-refractivity contribution in [3.05, 3.63) is 77.9 Å². The third kappa shape index (κ3) is 3.13. The number of ether oxygens (including phenoxy) is 1. The average Bonchev–Trinajstić information content (AvgIpc) is 3.35. The first-order valence-corrected chi connectivity index (χ1v) is 10.4. The van der Waals surface area contributed by atoms with Crippen molar-refractivity contribution >= 4 is 38.8 Å². The van der Waals surface area contributed by atoms with Gasteiger partial charge in [-0.2, -0.15) is 0 Å². The number of carboxylic acids is 1. The summed E-state index contributed by atoms with van der Waals surface area (Å²) in [5.41, 5.74) is 4.44. The lowest BCUT2D eigenvalue weighted by Gasteiger charge is -2.17. The van der Waals surface area contributed by atoms with E-state index in [1.165, 1.54) is 6.07 Å². The molecule has 0 bridgehead atoms. The van der Waals surface area contributed by atoms with E-state index >= 15 is 0 Å². The Morgan fingerprint density at radius 2 is 1.94 bits per heavy atom. The van der Waals surface area contributed by atoms with E-state index in [2.05, 4.69) is 16.5 Å². The second-order valence-corrected chi connectivity index (χ2v) is 7.78. The molecule has 0 aliphatic carbocycles. The number of hydrogen-bond acceptors (Lipinski definition) is 3. The van der Waals surface area contributed by atoms with Crippen molar-refractivity contribution in [3.63, 3.8) is 0 Å². The van der Waals surface area contributed by atoms with Gasteiger partial charge in [-0.15, -0.1) is 0 Å². The Labute approximate surface area is 183 Å². The third-order valence-electron chi connectivity index (χ3n) is 6.07. The van der Waals surface area contributed by atoms with Crippen LogP contribution in [0.5, 0.6) is 0 Å². The van der Waals surface area contributed by atoms with Gasteiger partial charge in [0.2, 0.25) is 0 Å². The van der Waals surface area contributed by atoms with E-state index in [0.29, 0.717) is 17.4 Å². The molecule has 0 aliphatic rings. The Morgan fingerprint density at radius 3 is 2.69 bits per heavy atom. The zero-order valence-electron chi connectivity index (χ0n) is 17.7. The molecule has 32 heavy (non-hydrogen) atoms. The maximum Gasteiger partial charge on any atom is 0.335 e. The van der Waals surface area contributed by atoms with Gasteiger partial charge < -0.3 is 19.0 Å². The highest BCUT2D eigenvalue weighted by Crippen LogP contribution is 2.34.